The van der Waals surface area contributed by atoms with Crippen LogP contribution in [0.3, 0.4) is 0 Å². The van der Waals surface area contributed by atoms with Crippen LogP contribution < -0.4 is 10.0 Å². The Balaban J connectivity index is 1.77. The van der Waals surface area contributed by atoms with Crippen molar-refractivity contribution in [2.24, 2.45) is 0 Å². The van der Waals surface area contributed by atoms with Crippen molar-refractivity contribution >= 4 is 33.0 Å². The molecule has 0 atom stereocenters. The lowest BCUT2D eigenvalue weighted by Gasteiger charge is -2.11. The third-order valence-corrected chi connectivity index (χ3v) is 6.33. The van der Waals surface area contributed by atoms with Gasteiger partial charge in [-0.25, -0.2) is 8.42 Å². The predicted octanol–water partition coefficient (Wildman–Crippen LogP) is 4.57. The van der Waals surface area contributed by atoms with E-state index in [0.29, 0.717) is 11.4 Å². The lowest BCUT2D eigenvalue weighted by Crippen LogP contribution is -2.15. The standard InChI is InChI=1S/C22H21N3O5S/c1-14-7-8-18(13-15(14)2)24-31(29,30)19-11-9-17(10-12-19)23-22(26)20-5-4-6-21(16(20)3)25(27)28/h4-13,24H,1-3H3,(H,23,26). The van der Waals surface area contributed by atoms with Gasteiger partial charge in [-0.05, 0) is 74.4 Å². The maximum atomic E-state index is 12.6. The number of nitrogens with one attached hydrogen (secondary N) is 2. The van der Waals surface area contributed by atoms with E-state index in [0.717, 1.165) is 11.1 Å². The monoisotopic (exact) mass is 439 g/mol. The number of carbonyl (C=O) groups excluding carboxylic acids is 1. The largest absolute Gasteiger partial charge is 0.322 e. The molecule has 1 amide bonds. The van der Waals surface area contributed by atoms with Crippen LogP contribution in [0.25, 0.3) is 0 Å². The quantitative estimate of drug-likeness (QED) is 0.431. The van der Waals surface area contributed by atoms with E-state index in [1.807, 2.05) is 19.9 Å². The zero-order valence-electron chi connectivity index (χ0n) is 17.2. The maximum absolute atomic E-state index is 12.6. The molecular weight excluding hydrogens is 418 g/mol. The van der Waals surface area contributed by atoms with Crippen molar-refractivity contribution in [3.05, 3.63) is 93.0 Å². The second kappa shape index (κ2) is 8.57. The second-order valence-corrected chi connectivity index (χ2v) is 8.77. The summed E-state index contributed by atoms with van der Waals surface area (Å²) in [5.74, 6) is -0.523. The number of sulfonamides is 1. The molecule has 0 bridgehead atoms. The Hall–Kier alpha value is -3.72. The van der Waals surface area contributed by atoms with E-state index in [-0.39, 0.29) is 21.7 Å². The molecule has 160 valence electrons. The fraction of sp³-hybridized carbons (Fsp3) is 0.136. The number of carbonyl (C=O) groups is 1. The van der Waals surface area contributed by atoms with Gasteiger partial charge in [-0.3, -0.25) is 19.6 Å². The summed E-state index contributed by atoms with van der Waals surface area (Å²) in [7, 11) is -3.80. The average molecular weight is 439 g/mol. The molecule has 0 saturated carbocycles. The van der Waals surface area contributed by atoms with Crippen LogP contribution in [0.1, 0.15) is 27.0 Å². The normalized spacial score (nSPS) is 11.1. The molecule has 0 saturated heterocycles. The van der Waals surface area contributed by atoms with Gasteiger partial charge in [0, 0.05) is 28.6 Å². The van der Waals surface area contributed by atoms with Gasteiger partial charge in [0.05, 0.1) is 9.82 Å². The van der Waals surface area contributed by atoms with Crippen molar-refractivity contribution in [1.29, 1.82) is 0 Å². The molecule has 3 rings (SSSR count). The van der Waals surface area contributed by atoms with E-state index in [1.54, 1.807) is 12.1 Å². The van der Waals surface area contributed by atoms with E-state index >= 15 is 0 Å². The number of nitro benzene ring substituents is 1. The van der Waals surface area contributed by atoms with Gasteiger partial charge < -0.3 is 5.32 Å². The lowest BCUT2D eigenvalue weighted by atomic mass is 10.1. The van der Waals surface area contributed by atoms with Crippen LogP contribution in [0.2, 0.25) is 0 Å². The molecule has 0 fully saturated rings. The SMILES string of the molecule is Cc1ccc(NS(=O)(=O)c2ccc(NC(=O)c3cccc([N+](=O)[O-])c3C)cc2)cc1C. The Morgan fingerprint density at radius 1 is 0.903 bits per heavy atom. The van der Waals surface area contributed by atoms with Gasteiger partial charge in [0.1, 0.15) is 0 Å². The number of nitrogens with zero attached hydrogens (tertiary/aromatic N) is 1. The number of aryl methyl sites for hydroxylation is 2. The van der Waals surface area contributed by atoms with Crippen molar-refractivity contribution in [2.45, 2.75) is 25.7 Å². The van der Waals surface area contributed by atoms with Gasteiger partial charge >= 0.3 is 0 Å². The summed E-state index contributed by atoms with van der Waals surface area (Å²) in [4.78, 5) is 23.1. The number of amides is 1. The second-order valence-electron chi connectivity index (χ2n) is 7.09. The van der Waals surface area contributed by atoms with Crippen molar-refractivity contribution in [3.63, 3.8) is 0 Å². The van der Waals surface area contributed by atoms with Crippen LogP contribution in [0.15, 0.2) is 65.6 Å². The first-order valence-corrected chi connectivity index (χ1v) is 10.8. The molecule has 0 unspecified atom stereocenters. The Labute approximate surface area is 180 Å². The van der Waals surface area contributed by atoms with Crippen molar-refractivity contribution < 1.29 is 18.1 Å². The highest BCUT2D eigenvalue weighted by Gasteiger charge is 2.19. The summed E-state index contributed by atoms with van der Waals surface area (Å²) in [6.07, 6.45) is 0. The minimum Gasteiger partial charge on any atom is -0.322 e. The van der Waals surface area contributed by atoms with Gasteiger partial charge in [-0.15, -0.1) is 0 Å². The number of rotatable bonds is 6. The number of hydrogen-bond donors (Lipinski definition) is 2. The van der Waals surface area contributed by atoms with Crippen LogP contribution in [0, 0.1) is 30.9 Å². The molecule has 3 aromatic rings. The first kappa shape index (κ1) is 22.0. The molecule has 8 nitrogen and oxygen atoms in total. The summed E-state index contributed by atoms with van der Waals surface area (Å²) >= 11 is 0. The molecule has 0 aliphatic rings. The minimum atomic E-state index is -3.80. The highest BCUT2D eigenvalue weighted by atomic mass is 32.2. The Morgan fingerprint density at radius 3 is 2.16 bits per heavy atom. The van der Waals surface area contributed by atoms with Gasteiger partial charge in [0.15, 0.2) is 0 Å². The zero-order valence-corrected chi connectivity index (χ0v) is 18.0. The number of benzene rings is 3. The smallest absolute Gasteiger partial charge is 0.273 e. The first-order chi connectivity index (χ1) is 14.6. The molecular formula is C22H21N3O5S. The summed E-state index contributed by atoms with van der Waals surface area (Å²) in [6.45, 7) is 5.34. The Kier molecular flexibility index (Phi) is 6.07. The van der Waals surface area contributed by atoms with E-state index < -0.39 is 20.9 Å². The summed E-state index contributed by atoms with van der Waals surface area (Å²) in [6, 6.07) is 15.2. The average Bonchev–Trinajstić information content (AvgIpc) is 2.71. The molecule has 2 N–H and O–H groups in total. The molecule has 0 aromatic heterocycles. The van der Waals surface area contributed by atoms with Gasteiger partial charge in [-0.2, -0.15) is 0 Å². The fourth-order valence-corrected chi connectivity index (χ4v) is 4.05. The summed E-state index contributed by atoms with van der Waals surface area (Å²) in [5, 5.41) is 13.7. The number of nitro groups is 1. The topological polar surface area (TPSA) is 118 Å². The number of anilines is 2. The fourth-order valence-electron chi connectivity index (χ4n) is 3.00. The van der Waals surface area contributed by atoms with Crippen LogP contribution >= 0.6 is 0 Å². The van der Waals surface area contributed by atoms with Crippen LogP contribution in [-0.2, 0) is 10.0 Å². The molecule has 0 spiro atoms. The summed E-state index contributed by atoms with van der Waals surface area (Å²) in [5.41, 5.74) is 3.12. The lowest BCUT2D eigenvalue weighted by molar-refractivity contribution is -0.385. The summed E-state index contributed by atoms with van der Waals surface area (Å²) < 4.78 is 27.8. The third-order valence-electron chi connectivity index (χ3n) is 4.93. The molecule has 3 aromatic carbocycles. The van der Waals surface area contributed by atoms with Crippen molar-refractivity contribution in [1.82, 2.24) is 0 Å². The zero-order chi connectivity index (χ0) is 22.8. The highest BCUT2D eigenvalue weighted by molar-refractivity contribution is 7.92. The Bertz CT molecular complexity index is 1270. The van der Waals surface area contributed by atoms with Crippen LogP contribution in [-0.4, -0.2) is 19.2 Å². The van der Waals surface area contributed by atoms with Crippen LogP contribution in [0.5, 0.6) is 0 Å². The van der Waals surface area contributed by atoms with Crippen molar-refractivity contribution in [2.75, 3.05) is 10.0 Å². The van der Waals surface area contributed by atoms with Gasteiger partial charge in [-0.1, -0.05) is 12.1 Å². The third kappa shape index (κ3) is 4.89. The van der Waals surface area contributed by atoms with Gasteiger partial charge in [0.25, 0.3) is 21.6 Å². The van der Waals surface area contributed by atoms with E-state index in [9.17, 15) is 23.3 Å². The molecule has 9 heteroatoms. The predicted molar refractivity (Wildman–Crippen MR) is 119 cm³/mol. The van der Waals surface area contributed by atoms with Gasteiger partial charge in [0.2, 0.25) is 0 Å². The first-order valence-electron chi connectivity index (χ1n) is 9.34. The van der Waals surface area contributed by atoms with E-state index in [4.69, 9.17) is 0 Å². The molecule has 0 aliphatic heterocycles. The molecule has 0 radical (unpaired) electrons. The van der Waals surface area contributed by atoms with Crippen molar-refractivity contribution in [3.8, 4) is 0 Å². The minimum absolute atomic E-state index is 0.0373. The number of hydrogen-bond acceptors (Lipinski definition) is 5. The highest BCUT2D eigenvalue weighted by Crippen LogP contribution is 2.23. The van der Waals surface area contributed by atoms with E-state index in [2.05, 4.69) is 10.0 Å². The molecule has 31 heavy (non-hydrogen) atoms. The maximum Gasteiger partial charge on any atom is 0.273 e. The molecule has 0 heterocycles. The Morgan fingerprint density at radius 2 is 1.55 bits per heavy atom. The van der Waals surface area contributed by atoms with E-state index in [1.165, 1.54) is 49.4 Å². The molecule has 0 aliphatic carbocycles. The van der Waals surface area contributed by atoms with Crippen LogP contribution in [0.4, 0.5) is 17.1 Å².